The zero-order chi connectivity index (χ0) is 13.1. The van der Waals surface area contributed by atoms with Crippen molar-refractivity contribution >= 4 is 39.6 Å². The molecular formula is C13H14BrClO2. The van der Waals surface area contributed by atoms with Gasteiger partial charge in [-0.2, -0.15) is 0 Å². The third kappa shape index (κ3) is 5.37. The molecule has 17 heavy (non-hydrogen) atoms. The van der Waals surface area contributed by atoms with Gasteiger partial charge in [0.25, 0.3) is 0 Å². The number of esters is 1. The summed E-state index contributed by atoms with van der Waals surface area (Å²) in [5.41, 5.74) is 0.378. The van der Waals surface area contributed by atoms with Crippen LogP contribution in [0.15, 0.2) is 28.7 Å². The van der Waals surface area contributed by atoms with Gasteiger partial charge in [-0.15, -0.1) is 0 Å². The Morgan fingerprint density at radius 3 is 2.59 bits per heavy atom. The fourth-order valence-corrected chi connectivity index (χ4v) is 1.55. The van der Waals surface area contributed by atoms with Gasteiger partial charge in [-0.05, 0) is 60.5 Å². The smallest absolute Gasteiger partial charge is 0.331 e. The van der Waals surface area contributed by atoms with Crippen molar-refractivity contribution in [1.29, 1.82) is 0 Å². The summed E-state index contributed by atoms with van der Waals surface area (Å²) in [6.07, 6.45) is 3.07. The van der Waals surface area contributed by atoms with Crippen LogP contribution in [-0.4, -0.2) is 11.6 Å². The summed E-state index contributed by atoms with van der Waals surface area (Å²) in [6, 6.07) is 5.46. The van der Waals surface area contributed by atoms with Crippen molar-refractivity contribution in [2.45, 2.75) is 26.4 Å². The Balaban J connectivity index is 2.71. The molecule has 0 amide bonds. The minimum Gasteiger partial charge on any atom is -0.457 e. The lowest BCUT2D eigenvalue weighted by Crippen LogP contribution is -2.22. The van der Waals surface area contributed by atoms with Gasteiger partial charge in [0.15, 0.2) is 0 Å². The normalized spacial score (nSPS) is 11.8. The highest BCUT2D eigenvalue weighted by molar-refractivity contribution is 9.10. The Hall–Kier alpha value is -0.800. The highest BCUT2D eigenvalue weighted by Gasteiger charge is 2.13. The number of benzene rings is 1. The van der Waals surface area contributed by atoms with Crippen LogP contribution in [0.1, 0.15) is 26.3 Å². The Morgan fingerprint density at radius 1 is 1.41 bits per heavy atom. The van der Waals surface area contributed by atoms with E-state index in [4.69, 9.17) is 16.3 Å². The molecule has 0 aromatic heterocycles. The molecule has 0 bridgehead atoms. The molecule has 0 fully saturated rings. The first-order chi connectivity index (χ1) is 7.78. The van der Waals surface area contributed by atoms with Crippen LogP contribution in [0.2, 0.25) is 5.02 Å². The summed E-state index contributed by atoms with van der Waals surface area (Å²) in [5.74, 6) is -0.364. The van der Waals surface area contributed by atoms with Gasteiger partial charge in [0, 0.05) is 10.5 Å². The number of rotatable bonds is 2. The second-order valence-electron chi connectivity index (χ2n) is 4.54. The largest absolute Gasteiger partial charge is 0.457 e. The molecule has 0 heterocycles. The van der Waals surface area contributed by atoms with Crippen molar-refractivity contribution in [1.82, 2.24) is 0 Å². The van der Waals surface area contributed by atoms with E-state index in [1.54, 1.807) is 12.1 Å². The zero-order valence-corrected chi connectivity index (χ0v) is 12.3. The lowest BCUT2D eigenvalue weighted by Gasteiger charge is -2.17. The van der Waals surface area contributed by atoms with Crippen LogP contribution < -0.4 is 0 Å². The molecule has 0 saturated heterocycles. The first-order valence-electron chi connectivity index (χ1n) is 5.14. The van der Waals surface area contributed by atoms with Crippen molar-refractivity contribution in [2.24, 2.45) is 0 Å². The minimum atomic E-state index is -0.473. The van der Waals surface area contributed by atoms with Gasteiger partial charge in [0.1, 0.15) is 5.60 Å². The van der Waals surface area contributed by atoms with E-state index in [0.29, 0.717) is 5.02 Å². The van der Waals surface area contributed by atoms with E-state index in [0.717, 1.165) is 10.0 Å². The highest BCUT2D eigenvalue weighted by atomic mass is 79.9. The van der Waals surface area contributed by atoms with Gasteiger partial charge in [-0.25, -0.2) is 4.79 Å². The molecule has 1 rings (SSSR count). The van der Waals surface area contributed by atoms with Crippen molar-refractivity contribution < 1.29 is 9.53 Å². The molecule has 0 aliphatic heterocycles. The number of hydrogen-bond acceptors (Lipinski definition) is 2. The molecule has 0 unspecified atom stereocenters. The molecule has 2 nitrogen and oxygen atoms in total. The number of hydrogen-bond donors (Lipinski definition) is 0. The van der Waals surface area contributed by atoms with Crippen LogP contribution >= 0.6 is 27.5 Å². The van der Waals surface area contributed by atoms with Crippen LogP contribution in [0, 0.1) is 0 Å². The first kappa shape index (κ1) is 14.3. The predicted octanol–water partition coefficient (Wildman–Crippen LogP) is 4.46. The van der Waals surface area contributed by atoms with Crippen LogP contribution in [0.25, 0.3) is 6.08 Å². The number of carbonyl (C=O) groups excluding carboxylic acids is 1. The lowest BCUT2D eigenvalue weighted by atomic mass is 10.2. The van der Waals surface area contributed by atoms with Crippen molar-refractivity contribution in [3.05, 3.63) is 39.3 Å². The average Bonchev–Trinajstić information content (AvgIpc) is 2.17. The van der Waals surface area contributed by atoms with E-state index >= 15 is 0 Å². The van der Waals surface area contributed by atoms with Gasteiger partial charge < -0.3 is 4.74 Å². The summed E-state index contributed by atoms with van der Waals surface area (Å²) >= 11 is 9.24. The molecule has 1 aromatic carbocycles. The van der Waals surface area contributed by atoms with E-state index in [1.807, 2.05) is 32.9 Å². The highest BCUT2D eigenvalue weighted by Crippen LogP contribution is 2.23. The molecule has 0 spiro atoms. The topological polar surface area (TPSA) is 26.3 Å². The number of carbonyl (C=O) groups is 1. The second kappa shape index (κ2) is 5.69. The Bertz CT molecular complexity index is 447. The summed E-state index contributed by atoms with van der Waals surface area (Å²) < 4.78 is 5.97. The fourth-order valence-electron chi connectivity index (χ4n) is 1.12. The van der Waals surface area contributed by atoms with Gasteiger partial charge in [-0.3, -0.25) is 0 Å². The maximum Gasteiger partial charge on any atom is 0.331 e. The van der Waals surface area contributed by atoms with Gasteiger partial charge >= 0.3 is 5.97 Å². The fraction of sp³-hybridized carbons (Fsp3) is 0.308. The minimum absolute atomic E-state index is 0.364. The third-order valence-corrected chi connectivity index (χ3v) is 2.99. The molecule has 1 aromatic rings. The zero-order valence-electron chi connectivity index (χ0n) is 9.96. The van der Waals surface area contributed by atoms with E-state index in [-0.39, 0.29) is 5.97 Å². The van der Waals surface area contributed by atoms with Crippen LogP contribution in [-0.2, 0) is 9.53 Å². The van der Waals surface area contributed by atoms with E-state index < -0.39 is 5.60 Å². The van der Waals surface area contributed by atoms with E-state index in [1.165, 1.54) is 6.08 Å². The predicted molar refractivity (Wildman–Crippen MR) is 74.0 cm³/mol. The average molecular weight is 318 g/mol. The van der Waals surface area contributed by atoms with Crippen LogP contribution in [0.5, 0.6) is 0 Å². The quantitative estimate of drug-likeness (QED) is 0.595. The molecule has 0 aliphatic rings. The summed E-state index contributed by atoms with van der Waals surface area (Å²) in [5, 5.41) is 0.608. The molecule has 0 atom stereocenters. The Morgan fingerprint density at radius 2 is 2.06 bits per heavy atom. The van der Waals surface area contributed by atoms with Gasteiger partial charge in [0.05, 0.1) is 5.02 Å². The molecule has 0 aliphatic carbocycles. The summed E-state index contributed by atoms with van der Waals surface area (Å²) in [6.45, 7) is 5.49. The summed E-state index contributed by atoms with van der Waals surface area (Å²) in [4.78, 5) is 11.4. The first-order valence-corrected chi connectivity index (χ1v) is 6.31. The third-order valence-electron chi connectivity index (χ3n) is 1.76. The van der Waals surface area contributed by atoms with E-state index in [9.17, 15) is 4.79 Å². The molecule has 0 N–H and O–H groups in total. The maximum atomic E-state index is 11.4. The molecule has 0 radical (unpaired) electrons. The Kier molecular flexibility index (Phi) is 4.78. The number of ether oxygens (including phenoxy) is 1. The van der Waals surface area contributed by atoms with Gasteiger partial charge in [0.2, 0.25) is 0 Å². The second-order valence-corrected chi connectivity index (χ2v) is 5.80. The van der Waals surface area contributed by atoms with Crippen molar-refractivity contribution in [2.75, 3.05) is 0 Å². The maximum absolute atomic E-state index is 11.4. The lowest BCUT2D eigenvalue weighted by molar-refractivity contribution is -0.148. The number of halogens is 2. The molecular weight excluding hydrogens is 303 g/mol. The molecule has 4 heteroatoms. The monoisotopic (exact) mass is 316 g/mol. The van der Waals surface area contributed by atoms with Crippen LogP contribution in [0.3, 0.4) is 0 Å². The Labute approximate surface area is 115 Å². The van der Waals surface area contributed by atoms with Crippen molar-refractivity contribution in [3.63, 3.8) is 0 Å². The molecule has 0 saturated carbocycles. The van der Waals surface area contributed by atoms with Crippen molar-refractivity contribution in [3.8, 4) is 0 Å². The standard InChI is InChI=1S/C13H14BrClO2/c1-13(2,3)17-12(16)7-5-9-4-6-10(14)11(15)8-9/h4-8H,1-3H3. The van der Waals surface area contributed by atoms with Crippen LogP contribution in [0.4, 0.5) is 0 Å². The van der Waals surface area contributed by atoms with Gasteiger partial charge in [-0.1, -0.05) is 17.7 Å². The molecule has 92 valence electrons. The summed E-state index contributed by atoms with van der Waals surface area (Å²) in [7, 11) is 0. The van der Waals surface area contributed by atoms with E-state index in [2.05, 4.69) is 15.9 Å². The SMILES string of the molecule is CC(C)(C)OC(=O)C=Cc1ccc(Br)c(Cl)c1.